The molecule has 0 heterocycles. The van der Waals surface area contributed by atoms with Crippen LogP contribution in [0.15, 0.2) is 54.1 Å². The Kier molecular flexibility index (Phi) is 4.36. The van der Waals surface area contributed by atoms with Crippen molar-refractivity contribution in [2.45, 2.75) is 31.3 Å². The van der Waals surface area contributed by atoms with Gasteiger partial charge in [0.2, 0.25) is 0 Å². The van der Waals surface area contributed by atoms with E-state index < -0.39 is 0 Å². The zero-order valence-corrected chi connectivity index (χ0v) is 14.8. The zero-order valence-electron chi connectivity index (χ0n) is 14.8. The van der Waals surface area contributed by atoms with E-state index in [1.165, 1.54) is 24.0 Å². The second kappa shape index (κ2) is 6.50. The van der Waals surface area contributed by atoms with Crippen molar-refractivity contribution in [3.8, 4) is 0 Å². The lowest BCUT2D eigenvalue weighted by molar-refractivity contribution is -0.0429. The number of allylic oxidation sites excluding steroid dienone is 3. The molecule has 0 radical (unpaired) electrons. The molecule has 0 aliphatic heterocycles. The van der Waals surface area contributed by atoms with Gasteiger partial charge in [0.25, 0.3) is 0 Å². The fraction of sp³-hybridized carbons (Fsp3) is 0.545. The summed E-state index contributed by atoms with van der Waals surface area (Å²) in [5, 5.41) is 0. The predicted molar refractivity (Wildman–Crippen MR) is 96.7 cm³/mol. The van der Waals surface area contributed by atoms with Crippen molar-refractivity contribution in [1.29, 1.82) is 0 Å². The Labute approximate surface area is 145 Å². The smallest absolute Gasteiger partial charge is 0.118 e. The molecule has 3 unspecified atom stereocenters. The number of ether oxygens (including phenoxy) is 2. The zero-order chi connectivity index (χ0) is 16.6. The van der Waals surface area contributed by atoms with Crippen LogP contribution in [0.3, 0.4) is 0 Å². The fourth-order valence-corrected chi connectivity index (χ4v) is 5.51. The third kappa shape index (κ3) is 2.31. The van der Waals surface area contributed by atoms with E-state index in [1.807, 2.05) is 7.11 Å². The number of unbranched alkanes of at least 4 members (excludes halogenated alkanes) is 1. The van der Waals surface area contributed by atoms with E-state index in [1.54, 1.807) is 7.11 Å². The summed E-state index contributed by atoms with van der Waals surface area (Å²) >= 11 is 0. The average Bonchev–Trinajstić information content (AvgIpc) is 3.30. The van der Waals surface area contributed by atoms with Crippen molar-refractivity contribution < 1.29 is 9.47 Å². The Hall–Kier alpha value is -1.38. The monoisotopic (exact) mass is 324 g/mol. The van der Waals surface area contributed by atoms with Gasteiger partial charge in [-0.15, -0.1) is 0 Å². The van der Waals surface area contributed by atoms with Crippen molar-refractivity contribution in [2.75, 3.05) is 20.8 Å². The lowest BCUT2D eigenvalue weighted by atomic mass is 9.71. The molecule has 4 rings (SSSR count). The SMILES string of the molecule is COCCCCC1=CC2C([C@H]3C=C[C@@H]2C3)C1(OC)c1ccccc1. The minimum atomic E-state index is -0.233. The maximum atomic E-state index is 6.39. The number of hydrogen-bond donors (Lipinski definition) is 0. The van der Waals surface area contributed by atoms with Crippen LogP contribution in [-0.2, 0) is 15.1 Å². The molecule has 3 aliphatic rings. The molecular weight excluding hydrogens is 296 g/mol. The summed E-state index contributed by atoms with van der Waals surface area (Å²) in [4.78, 5) is 0. The average molecular weight is 324 g/mol. The molecule has 0 N–H and O–H groups in total. The number of rotatable bonds is 7. The second-order valence-electron chi connectivity index (χ2n) is 7.50. The number of benzene rings is 1. The van der Waals surface area contributed by atoms with E-state index in [-0.39, 0.29) is 5.60 Å². The summed E-state index contributed by atoms with van der Waals surface area (Å²) in [5.74, 6) is 2.59. The van der Waals surface area contributed by atoms with Crippen molar-refractivity contribution in [1.82, 2.24) is 0 Å². The van der Waals surface area contributed by atoms with Gasteiger partial charge in [-0.25, -0.2) is 0 Å². The molecule has 2 heteroatoms. The van der Waals surface area contributed by atoms with Crippen LogP contribution in [0.2, 0.25) is 0 Å². The van der Waals surface area contributed by atoms with E-state index in [2.05, 4.69) is 48.6 Å². The summed E-state index contributed by atoms with van der Waals surface area (Å²) in [6.07, 6.45) is 12.2. The Morgan fingerprint density at radius 1 is 1.04 bits per heavy atom. The van der Waals surface area contributed by atoms with Crippen LogP contribution in [0.4, 0.5) is 0 Å². The van der Waals surface area contributed by atoms with Gasteiger partial charge in [0, 0.05) is 26.7 Å². The Morgan fingerprint density at radius 2 is 1.83 bits per heavy atom. The standard InChI is InChI=1S/C22H28O2/c1-23-13-7-6-10-19-15-20-16-11-12-17(14-16)21(20)22(19,24-2)18-8-4-3-5-9-18/h3-5,8-9,11-12,15-17,20-21H,6-7,10,13-14H2,1-2H3/t16-,17+,20?,21?,22?/m1/s1. The van der Waals surface area contributed by atoms with E-state index in [9.17, 15) is 0 Å². The maximum absolute atomic E-state index is 6.39. The minimum Gasteiger partial charge on any atom is -0.385 e. The van der Waals surface area contributed by atoms with Gasteiger partial charge in [-0.3, -0.25) is 0 Å². The van der Waals surface area contributed by atoms with Gasteiger partial charge in [0.05, 0.1) is 0 Å². The minimum absolute atomic E-state index is 0.233. The first kappa shape index (κ1) is 16.1. The lowest BCUT2D eigenvalue weighted by Crippen LogP contribution is -2.40. The van der Waals surface area contributed by atoms with Crippen LogP contribution < -0.4 is 0 Å². The molecule has 24 heavy (non-hydrogen) atoms. The van der Waals surface area contributed by atoms with Gasteiger partial charge in [0.1, 0.15) is 5.60 Å². The molecule has 0 amide bonds. The topological polar surface area (TPSA) is 18.5 Å². The van der Waals surface area contributed by atoms with Gasteiger partial charge in [-0.2, -0.15) is 0 Å². The first-order valence-electron chi connectivity index (χ1n) is 9.30. The molecule has 0 spiro atoms. The maximum Gasteiger partial charge on any atom is 0.118 e. The molecule has 1 fully saturated rings. The van der Waals surface area contributed by atoms with Crippen molar-refractivity contribution in [3.05, 3.63) is 59.7 Å². The Balaban J connectivity index is 1.69. The molecule has 1 saturated carbocycles. The first-order valence-corrected chi connectivity index (χ1v) is 9.30. The molecule has 0 saturated heterocycles. The molecule has 2 nitrogen and oxygen atoms in total. The number of methoxy groups -OCH3 is 2. The van der Waals surface area contributed by atoms with Crippen LogP contribution in [0, 0.1) is 23.7 Å². The van der Waals surface area contributed by atoms with Crippen LogP contribution in [-0.4, -0.2) is 20.8 Å². The van der Waals surface area contributed by atoms with Crippen LogP contribution >= 0.6 is 0 Å². The summed E-state index contributed by atoms with van der Waals surface area (Å²) < 4.78 is 11.6. The number of fused-ring (bicyclic) bond motifs is 5. The third-order valence-corrected chi connectivity index (χ3v) is 6.43. The normalized spacial score (nSPS) is 36.2. The first-order chi connectivity index (χ1) is 11.8. The molecular formula is C22H28O2. The molecule has 3 aliphatic carbocycles. The molecule has 128 valence electrons. The quantitative estimate of drug-likeness (QED) is 0.533. The van der Waals surface area contributed by atoms with Crippen molar-refractivity contribution in [2.24, 2.45) is 23.7 Å². The van der Waals surface area contributed by atoms with E-state index in [0.29, 0.717) is 17.8 Å². The summed E-state index contributed by atoms with van der Waals surface area (Å²) in [7, 11) is 3.69. The van der Waals surface area contributed by atoms with Gasteiger partial charge in [-0.05, 0) is 54.6 Å². The Bertz CT molecular complexity index is 633. The van der Waals surface area contributed by atoms with Gasteiger partial charge >= 0.3 is 0 Å². The number of hydrogen-bond acceptors (Lipinski definition) is 2. The highest BCUT2D eigenvalue weighted by Gasteiger charge is 2.59. The van der Waals surface area contributed by atoms with Gasteiger partial charge in [-0.1, -0.05) is 48.6 Å². The molecule has 1 aromatic rings. The lowest BCUT2D eigenvalue weighted by Gasteiger charge is -2.41. The van der Waals surface area contributed by atoms with Crippen LogP contribution in [0.5, 0.6) is 0 Å². The van der Waals surface area contributed by atoms with E-state index in [0.717, 1.165) is 25.4 Å². The van der Waals surface area contributed by atoms with Crippen molar-refractivity contribution in [3.63, 3.8) is 0 Å². The van der Waals surface area contributed by atoms with Gasteiger partial charge in [0.15, 0.2) is 0 Å². The van der Waals surface area contributed by atoms with Crippen molar-refractivity contribution >= 4 is 0 Å². The summed E-state index contributed by atoms with van der Waals surface area (Å²) in [6, 6.07) is 10.9. The highest BCUT2D eigenvalue weighted by atomic mass is 16.5. The highest BCUT2D eigenvalue weighted by Crippen LogP contribution is 2.63. The molecule has 0 aromatic heterocycles. The molecule has 1 aromatic carbocycles. The van der Waals surface area contributed by atoms with E-state index >= 15 is 0 Å². The third-order valence-electron chi connectivity index (χ3n) is 6.43. The Morgan fingerprint density at radius 3 is 2.58 bits per heavy atom. The van der Waals surface area contributed by atoms with Crippen LogP contribution in [0.25, 0.3) is 0 Å². The van der Waals surface area contributed by atoms with E-state index in [4.69, 9.17) is 9.47 Å². The highest BCUT2D eigenvalue weighted by molar-refractivity contribution is 5.43. The second-order valence-corrected chi connectivity index (χ2v) is 7.50. The fourth-order valence-electron chi connectivity index (χ4n) is 5.51. The van der Waals surface area contributed by atoms with Crippen LogP contribution in [0.1, 0.15) is 31.2 Å². The largest absolute Gasteiger partial charge is 0.385 e. The summed E-state index contributed by atoms with van der Waals surface area (Å²) in [6.45, 7) is 0.845. The summed E-state index contributed by atoms with van der Waals surface area (Å²) in [5.41, 5.74) is 2.60. The predicted octanol–water partition coefficient (Wildman–Crippen LogP) is 4.72. The van der Waals surface area contributed by atoms with Gasteiger partial charge < -0.3 is 9.47 Å². The molecule has 2 bridgehead atoms. The molecule has 5 atom stereocenters.